The predicted octanol–water partition coefficient (Wildman–Crippen LogP) is 3.15. The summed E-state index contributed by atoms with van der Waals surface area (Å²) >= 11 is 0. The first-order chi connectivity index (χ1) is 15.5. The maximum Gasteiger partial charge on any atom is 0.242 e. The van der Waals surface area contributed by atoms with Crippen LogP contribution in [-0.2, 0) is 14.4 Å². The second-order valence-electron chi connectivity index (χ2n) is 10.9. The lowest BCUT2D eigenvalue weighted by Crippen LogP contribution is -2.54. The van der Waals surface area contributed by atoms with Crippen LogP contribution in [0.4, 0.5) is 0 Å². The van der Waals surface area contributed by atoms with E-state index in [1.54, 1.807) is 18.1 Å². The van der Waals surface area contributed by atoms with E-state index in [9.17, 15) is 14.4 Å². The molecule has 33 heavy (non-hydrogen) atoms. The average Bonchev–Trinajstić information content (AvgIpc) is 2.72. The first kappa shape index (κ1) is 27.4. The Morgan fingerprint density at radius 3 is 2.36 bits per heavy atom. The molecule has 0 radical (unpaired) electrons. The van der Waals surface area contributed by atoms with Crippen molar-refractivity contribution >= 4 is 17.7 Å². The van der Waals surface area contributed by atoms with E-state index in [1.807, 2.05) is 13.8 Å². The fourth-order valence-electron chi connectivity index (χ4n) is 5.11. The van der Waals surface area contributed by atoms with Crippen LogP contribution in [0.2, 0.25) is 0 Å². The fourth-order valence-corrected chi connectivity index (χ4v) is 5.11. The van der Waals surface area contributed by atoms with Crippen molar-refractivity contribution in [1.82, 2.24) is 20.9 Å². The zero-order valence-electron chi connectivity index (χ0n) is 21.7. The highest BCUT2D eigenvalue weighted by molar-refractivity contribution is 5.91. The van der Waals surface area contributed by atoms with Crippen molar-refractivity contribution in [3.63, 3.8) is 0 Å². The van der Waals surface area contributed by atoms with Crippen LogP contribution < -0.4 is 16.0 Å². The Labute approximate surface area is 200 Å². The molecule has 1 saturated heterocycles. The van der Waals surface area contributed by atoms with Gasteiger partial charge in [0.25, 0.3) is 0 Å². The highest BCUT2D eigenvalue weighted by Crippen LogP contribution is 2.41. The first-order valence-corrected chi connectivity index (χ1v) is 12.8. The molecule has 0 spiro atoms. The summed E-state index contributed by atoms with van der Waals surface area (Å²) in [5.41, 5.74) is 3.40. The number of carbonyl (C=O) groups excluding carboxylic acids is 3. The van der Waals surface area contributed by atoms with Crippen LogP contribution >= 0.6 is 0 Å². The number of hydrogen-bond donors (Lipinski definition) is 3. The van der Waals surface area contributed by atoms with Crippen molar-refractivity contribution in [2.45, 2.75) is 98.6 Å². The molecular formula is C26H46N4O3. The van der Waals surface area contributed by atoms with Gasteiger partial charge in [-0.1, -0.05) is 38.8 Å². The van der Waals surface area contributed by atoms with Crippen LogP contribution in [0.25, 0.3) is 0 Å². The molecular weight excluding hydrogens is 416 g/mol. The molecule has 1 aliphatic heterocycles. The molecule has 0 unspecified atom stereocenters. The van der Waals surface area contributed by atoms with Gasteiger partial charge in [0.05, 0.1) is 0 Å². The Balaban J connectivity index is 2.05. The summed E-state index contributed by atoms with van der Waals surface area (Å²) < 4.78 is 0. The first-order valence-electron chi connectivity index (χ1n) is 12.8. The molecule has 188 valence electrons. The van der Waals surface area contributed by atoms with Gasteiger partial charge < -0.3 is 20.9 Å². The molecule has 3 amide bonds. The van der Waals surface area contributed by atoms with E-state index in [1.165, 1.54) is 19.3 Å². The highest BCUT2D eigenvalue weighted by atomic mass is 16.2. The number of carbonyl (C=O) groups is 3. The average molecular weight is 463 g/mol. The quantitative estimate of drug-likeness (QED) is 0.560. The van der Waals surface area contributed by atoms with Crippen molar-refractivity contribution in [3.8, 4) is 0 Å². The van der Waals surface area contributed by atoms with Gasteiger partial charge in [0, 0.05) is 19.5 Å². The summed E-state index contributed by atoms with van der Waals surface area (Å²) in [6.07, 6.45) is 6.76. The van der Waals surface area contributed by atoms with Gasteiger partial charge in [0.1, 0.15) is 12.1 Å². The van der Waals surface area contributed by atoms with Gasteiger partial charge >= 0.3 is 0 Å². The summed E-state index contributed by atoms with van der Waals surface area (Å²) in [5.74, 6) is -0.653. The third-order valence-corrected chi connectivity index (χ3v) is 7.21. The zero-order valence-corrected chi connectivity index (χ0v) is 21.7. The maximum atomic E-state index is 12.7. The van der Waals surface area contributed by atoms with E-state index in [-0.39, 0.29) is 29.1 Å². The minimum absolute atomic E-state index is 0.0422. The minimum Gasteiger partial charge on any atom is -0.354 e. The van der Waals surface area contributed by atoms with Gasteiger partial charge in [-0.15, -0.1) is 0 Å². The lowest BCUT2D eigenvalue weighted by atomic mass is 9.71. The molecule has 0 aromatic heterocycles. The van der Waals surface area contributed by atoms with Crippen molar-refractivity contribution < 1.29 is 14.4 Å². The van der Waals surface area contributed by atoms with Crippen LogP contribution in [0.5, 0.6) is 0 Å². The lowest BCUT2D eigenvalue weighted by Gasteiger charge is -2.36. The van der Waals surface area contributed by atoms with E-state index in [2.05, 4.69) is 41.6 Å². The van der Waals surface area contributed by atoms with Gasteiger partial charge in [-0.2, -0.15) is 0 Å². The maximum absolute atomic E-state index is 12.7. The van der Waals surface area contributed by atoms with Crippen molar-refractivity contribution in [2.24, 2.45) is 11.3 Å². The topological polar surface area (TPSA) is 90.5 Å². The molecule has 0 aromatic rings. The van der Waals surface area contributed by atoms with E-state index >= 15 is 0 Å². The van der Waals surface area contributed by atoms with Gasteiger partial charge in [0.15, 0.2) is 0 Å². The number of nitrogens with one attached hydrogen (secondary N) is 3. The van der Waals surface area contributed by atoms with Crippen LogP contribution in [0.1, 0.15) is 86.5 Å². The van der Waals surface area contributed by atoms with Crippen LogP contribution in [-0.4, -0.2) is 60.9 Å². The second-order valence-corrected chi connectivity index (χ2v) is 10.9. The van der Waals surface area contributed by atoms with Gasteiger partial charge in [-0.05, 0) is 76.8 Å². The summed E-state index contributed by atoms with van der Waals surface area (Å²) in [6, 6.07) is -1.28. The minimum atomic E-state index is -0.670. The van der Waals surface area contributed by atoms with Crippen LogP contribution in [0.3, 0.4) is 0 Å². The molecule has 2 rings (SSSR count). The Kier molecular flexibility index (Phi) is 10.4. The lowest BCUT2D eigenvalue weighted by molar-refractivity contribution is -0.132. The van der Waals surface area contributed by atoms with E-state index < -0.39 is 12.1 Å². The molecule has 0 saturated carbocycles. The summed E-state index contributed by atoms with van der Waals surface area (Å²) in [6.45, 7) is 15.7. The Morgan fingerprint density at radius 1 is 1.00 bits per heavy atom. The molecule has 2 aliphatic rings. The third-order valence-electron chi connectivity index (χ3n) is 7.21. The fraction of sp³-hybridized carbons (Fsp3) is 0.808. The Bertz CT molecular complexity index is 729. The number of nitrogens with zero attached hydrogens (tertiary/aromatic N) is 1. The van der Waals surface area contributed by atoms with Gasteiger partial charge in [0.2, 0.25) is 17.7 Å². The molecule has 0 aromatic carbocycles. The van der Waals surface area contributed by atoms with E-state index in [4.69, 9.17) is 0 Å². The molecule has 7 nitrogen and oxygen atoms in total. The van der Waals surface area contributed by atoms with Crippen LogP contribution in [0, 0.1) is 11.3 Å². The second kappa shape index (κ2) is 12.5. The Morgan fingerprint density at radius 2 is 1.70 bits per heavy atom. The van der Waals surface area contributed by atoms with Crippen molar-refractivity contribution in [2.75, 3.05) is 26.2 Å². The standard InChI is InChI=1S/C26H46N4O3/c1-18(2)23-25(33)27-14-9-16-30(15-8-11-22(31)28-20(4)24(32)29-23)17-12-21-19(3)10-7-13-26(21,5)6/h18,20,23H,7-17H2,1-6H3,(H,27,33)(H,28,31)(H,29,32)/t20-,23-/m1/s1. The van der Waals surface area contributed by atoms with E-state index in [0.29, 0.717) is 13.0 Å². The summed E-state index contributed by atoms with van der Waals surface area (Å²) in [5, 5.41) is 8.58. The zero-order chi connectivity index (χ0) is 24.6. The molecule has 3 N–H and O–H groups in total. The van der Waals surface area contributed by atoms with Gasteiger partial charge in [-0.25, -0.2) is 0 Å². The number of rotatable bonds is 4. The molecule has 7 heteroatoms. The molecule has 2 atom stereocenters. The van der Waals surface area contributed by atoms with Crippen LogP contribution in [0.15, 0.2) is 11.1 Å². The molecule has 1 aliphatic carbocycles. The summed E-state index contributed by atoms with van der Waals surface area (Å²) in [4.78, 5) is 40.0. The van der Waals surface area contributed by atoms with Gasteiger partial charge in [-0.3, -0.25) is 14.4 Å². The third kappa shape index (κ3) is 8.43. The largest absolute Gasteiger partial charge is 0.354 e. The monoisotopic (exact) mass is 462 g/mol. The smallest absolute Gasteiger partial charge is 0.242 e. The Hall–Kier alpha value is -1.89. The summed E-state index contributed by atoms with van der Waals surface area (Å²) in [7, 11) is 0. The van der Waals surface area contributed by atoms with Crippen molar-refractivity contribution in [1.29, 1.82) is 0 Å². The molecule has 1 heterocycles. The van der Waals surface area contributed by atoms with E-state index in [0.717, 1.165) is 38.9 Å². The molecule has 0 bridgehead atoms. The van der Waals surface area contributed by atoms with Crippen molar-refractivity contribution in [3.05, 3.63) is 11.1 Å². The number of allylic oxidation sites excluding steroid dienone is 1. The highest BCUT2D eigenvalue weighted by Gasteiger charge is 2.29. The number of hydrogen-bond acceptors (Lipinski definition) is 4. The number of amides is 3. The SMILES string of the molecule is CC1=C(CCN2CCCNC(=O)[C@@H](C(C)C)NC(=O)[C@@H](C)NC(=O)CCC2)C(C)(C)CCC1. The predicted molar refractivity (Wildman–Crippen MR) is 133 cm³/mol. The normalized spacial score (nSPS) is 26.8. The molecule has 1 fully saturated rings.